The zero-order valence-corrected chi connectivity index (χ0v) is 11.2. The molecule has 1 fully saturated rings. The van der Waals surface area contributed by atoms with Crippen LogP contribution >= 0.6 is 11.6 Å². The minimum Gasteiger partial charge on any atom is -0.342 e. The van der Waals surface area contributed by atoms with Gasteiger partial charge in [0.15, 0.2) is 0 Å². The summed E-state index contributed by atoms with van der Waals surface area (Å²) in [6, 6.07) is 2.31. The van der Waals surface area contributed by atoms with E-state index in [1.807, 2.05) is 14.0 Å². The molecule has 1 atom stereocenters. The lowest BCUT2D eigenvalue weighted by Crippen LogP contribution is -2.42. The number of aryl methyl sites for hydroxylation is 1. The Hall–Kier alpha value is -0.870. The SMILES string of the molecule is Cc1cc(Cl)nc(N(C)C[C@H]2CCCCN2)n1. The molecule has 1 aliphatic heterocycles. The standard InChI is InChI=1S/C12H19ClN4/c1-9-7-11(13)16-12(15-9)17(2)8-10-5-3-4-6-14-10/h7,10,14H,3-6,8H2,1-2H3/t10-/m1/s1. The van der Waals surface area contributed by atoms with Crippen LogP contribution in [0.3, 0.4) is 0 Å². The van der Waals surface area contributed by atoms with Crippen molar-refractivity contribution in [2.24, 2.45) is 0 Å². The van der Waals surface area contributed by atoms with Gasteiger partial charge in [-0.3, -0.25) is 0 Å². The number of anilines is 1. The molecule has 0 amide bonds. The monoisotopic (exact) mass is 254 g/mol. The summed E-state index contributed by atoms with van der Waals surface area (Å²) in [5, 5.41) is 4.03. The van der Waals surface area contributed by atoms with Gasteiger partial charge in [0.05, 0.1) is 0 Å². The molecule has 1 N–H and O–H groups in total. The summed E-state index contributed by atoms with van der Waals surface area (Å²) in [6.07, 6.45) is 3.82. The summed E-state index contributed by atoms with van der Waals surface area (Å²) in [5.41, 5.74) is 0.906. The molecule has 17 heavy (non-hydrogen) atoms. The zero-order chi connectivity index (χ0) is 12.3. The van der Waals surface area contributed by atoms with Gasteiger partial charge in [0, 0.05) is 25.3 Å². The van der Waals surface area contributed by atoms with Crippen molar-refractivity contribution in [1.82, 2.24) is 15.3 Å². The Morgan fingerprint density at radius 1 is 1.47 bits per heavy atom. The second-order valence-electron chi connectivity index (χ2n) is 4.66. The molecule has 1 saturated heterocycles. The first-order valence-corrected chi connectivity index (χ1v) is 6.48. The van der Waals surface area contributed by atoms with Crippen molar-refractivity contribution < 1.29 is 0 Å². The van der Waals surface area contributed by atoms with Crippen LogP contribution in [0.25, 0.3) is 0 Å². The highest BCUT2D eigenvalue weighted by Crippen LogP contribution is 2.14. The zero-order valence-electron chi connectivity index (χ0n) is 10.4. The number of piperidine rings is 1. The molecule has 0 aromatic carbocycles. The van der Waals surface area contributed by atoms with Crippen LogP contribution in [0.2, 0.25) is 5.15 Å². The highest BCUT2D eigenvalue weighted by atomic mass is 35.5. The molecule has 0 bridgehead atoms. The number of hydrogen-bond acceptors (Lipinski definition) is 4. The third-order valence-corrected chi connectivity index (χ3v) is 3.25. The lowest BCUT2D eigenvalue weighted by Gasteiger charge is -2.28. The maximum atomic E-state index is 5.94. The smallest absolute Gasteiger partial charge is 0.226 e. The molecule has 4 nitrogen and oxygen atoms in total. The minimum absolute atomic E-state index is 0.510. The number of halogens is 1. The fraction of sp³-hybridized carbons (Fsp3) is 0.667. The van der Waals surface area contributed by atoms with E-state index in [2.05, 4.69) is 20.2 Å². The molecule has 0 aliphatic carbocycles. The Labute approximate surface area is 107 Å². The van der Waals surface area contributed by atoms with Gasteiger partial charge in [-0.15, -0.1) is 0 Å². The fourth-order valence-electron chi connectivity index (χ4n) is 2.18. The van der Waals surface area contributed by atoms with Crippen LogP contribution in [0.4, 0.5) is 5.95 Å². The van der Waals surface area contributed by atoms with E-state index in [1.165, 1.54) is 19.3 Å². The lowest BCUT2D eigenvalue weighted by molar-refractivity contribution is 0.402. The molecule has 0 saturated carbocycles. The second-order valence-corrected chi connectivity index (χ2v) is 5.05. The predicted octanol–water partition coefficient (Wildman–Crippen LogP) is 2.02. The number of hydrogen-bond donors (Lipinski definition) is 1. The number of likely N-dealkylation sites (N-methyl/N-ethyl adjacent to an activating group) is 1. The normalized spacial score (nSPS) is 20.3. The third kappa shape index (κ3) is 3.54. The summed E-state index contributed by atoms with van der Waals surface area (Å²) in [4.78, 5) is 10.7. The van der Waals surface area contributed by atoms with Gasteiger partial charge >= 0.3 is 0 Å². The largest absolute Gasteiger partial charge is 0.342 e. The van der Waals surface area contributed by atoms with Crippen molar-refractivity contribution >= 4 is 17.5 Å². The summed E-state index contributed by atoms with van der Waals surface area (Å²) in [7, 11) is 2.02. The Morgan fingerprint density at radius 3 is 2.94 bits per heavy atom. The van der Waals surface area contributed by atoms with Crippen molar-refractivity contribution in [3.8, 4) is 0 Å². The van der Waals surface area contributed by atoms with Gasteiger partial charge in [0.1, 0.15) is 5.15 Å². The van der Waals surface area contributed by atoms with Gasteiger partial charge in [-0.2, -0.15) is 0 Å². The average molecular weight is 255 g/mol. The van der Waals surface area contributed by atoms with Crippen molar-refractivity contribution in [2.75, 3.05) is 25.0 Å². The number of nitrogens with zero attached hydrogens (tertiary/aromatic N) is 3. The van der Waals surface area contributed by atoms with E-state index in [9.17, 15) is 0 Å². The first kappa shape index (κ1) is 12.6. The lowest BCUT2D eigenvalue weighted by atomic mass is 10.0. The van der Waals surface area contributed by atoms with Crippen molar-refractivity contribution in [1.29, 1.82) is 0 Å². The summed E-state index contributed by atoms with van der Waals surface area (Å²) < 4.78 is 0. The van der Waals surface area contributed by atoms with E-state index in [0.29, 0.717) is 17.1 Å². The number of nitrogens with one attached hydrogen (secondary N) is 1. The average Bonchev–Trinajstić information content (AvgIpc) is 2.29. The fourth-order valence-corrected chi connectivity index (χ4v) is 2.41. The maximum absolute atomic E-state index is 5.94. The van der Waals surface area contributed by atoms with Crippen molar-refractivity contribution in [3.63, 3.8) is 0 Å². The highest BCUT2D eigenvalue weighted by Gasteiger charge is 2.16. The number of rotatable bonds is 3. The van der Waals surface area contributed by atoms with E-state index in [-0.39, 0.29) is 0 Å². The molecule has 5 heteroatoms. The summed E-state index contributed by atoms with van der Waals surface area (Å²) >= 11 is 5.94. The summed E-state index contributed by atoms with van der Waals surface area (Å²) in [6.45, 7) is 3.98. The van der Waals surface area contributed by atoms with Crippen LogP contribution in [0.5, 0.6) is 0 Å². The topological polar surface area (TPSA) is 41.1 Å². The van der Waals surface area contributed by atoms with Crippen LogP contribution in [0.15, 0.2) is 6.07 Å². The van der Waals surface area contributed by atoms with Gasteiger partial charge in [-0.1, -0.05) is 18.0 Å². The van der Waals surface area contributed by atoms with Crippen LogP contribution in [-0.4, -0.2) is 36.1 Å². The van der Waals surface area contributed by atoms with Crippen molar-refractivity contribution in [2.45, 2.75) is 32.2 Å². The Morgan fingerprint density at radius 2 is 2.29 bits per heavy atom. The Balaban J connectivity index is 2.00. The molecule has 0 spiro atoms. The molecular formula is C12H19ClN4. The second kappa shape index (κ2) is 5.65. The molecule has 1 aromatic heterocycles. The number of aromatic nitrogens is 2. The first-order chi connectivity index (χ1) is 8.15. The van der Waals surface area contributed by atoms with Crippen LogP contribution in [0.1, 0.15) is 25.0 Å². The third-order valence-electron chi connectivity index (χ3n) is 3.06. The van der Waals surface area contributed by atoms with E-state index in [1.54, 1.807) is 6.07 Å². The van der Waals surface area contributed by atoms with Gasteiger partial charge < -0.3 is 10.2 Å². The van der Waals surface area contributed by atoms with Gasteiger partial charge in [-0.25, -0.2) is 9.97 Å². The molecule has 2 heterocycles. The van der Waals surface area contributed by atoms with Gasteiger partial charge in [0.25, 0.3) is 0 Å². The summed E-state index contributed by atoms with van der Waals surface area (Å²) in [5.74, 6) is 0.711. The molecular weight excluding hydrogens is 236 g/mol. The predicted molar refractivity (Wildman–Crippen MR) is 70.7 cm³/mol. The van der Waals surface area contributed by atoms with E-state index < -0.39 is 0 Å². The van der Waals surface area contributed by atoms with E-state index in [4.69, 9.17) is 11.6 Å². The van der Waals surface area contributed by atoms with Crippen molar-refractivity contribution in [3.05, 3.63) is 16.9 Å². The molecule has 0 unspecified atom stereocenters. The molecule has 94 valence electrons. The van der Waals surface area contributed by atoms with Crippen LogP contribution < -0.4 is 10.2 Å². The Bertz CT molecular complexity index is 357. The minimum atomic E-state index is 0.510. The molecule has 2 rings (SSSR count). The quantitative estimate of drug-likeness (QED) is 0.838. The molecule has 1 aromatic rings. The van der Waals surface area contributed by atoms with E-state index >= 15 is 0 Å². The molecule has 0 radical (unpaired) electrons. The Kier molecular flexibility index (Phi) is 4.18. The molecule has 1 aliphatic rings. The van der Waals surface area contributed by atoms with Gasteiger partial charge in [0.2, 0.25) is 5.95 Å². The van der Waals surface area contributed by atoms with Crippen LogP contribution in [0, 0.1) is 6.92 Å². The van der Waals surface area contributed by atoms with Gasteiger partial charge in [-0.05, 0) is 32.4 Å². The highest BCUT2D eigenvalue weighted by molar-refractivity contribution is 6.29. The van der Waals surface area contributed by atoms with E-state index in [0.717, 1.165) is 18.8 Å². The maximum Gasteiger partial charge on any atom is 0.226 e. The first-order valence-electron chi connectivity index (χ1n) is 6.11. The van der Waals surface area contributed by atoms with Crippen LogP contribution in [-0.2, 0) is 0 Å².